The molecule has 4 nitrogen and oxygen atoms in total. The largest absolute Gasteiger partial charge is 0.480 e. The number of rotatable bonds is 4. The second-order valence-corrected chi connectivity index (χ2v) is 4.35. The molecule has 1 aromatic rings. The minimum atomic E-state index is -0.378. The number of nitrogens with one attached hydrogen (secondary N) is 2. The van der Waals surface area contributed by atoms with Gasteiger partial charge in [0.25, 0.3) is 5.91 Å². The van der Waals surface area contributed by atoms with Crippen molar-refractivity contribution in [2.24, 2.45) is 0 Å². The summed E-state index contributed by atoms with van der Waals surface area (Å²) in [6, 6.07) is 8.05. The summed E-state index contributed by atoms with van der Waals surface area (Å²) in [4.78, 5) is 11.9. The molecule has 2 unspecified atom stereocenters. The Morgan fingerprint density at radius 3 is 3.00 bits per heavy atom. The van der Waals surface area contributed by atoms with E-state index in [0.717, 1.165) is 11.3 Å². The van der Waals surface area contributed by atoms with Crippen LogP contribution in [0.15, 0.2) is 24.3 Å². The molecule has 4 heteroatoms. The van der Waals surface area contributed by atoms with Crippen molar-refractivity contribution in [3.05, 3.63) is 29.8 Å². The van der Waals surface area contributed by atoms with Crippen molar-refractivity contribution in [1.29, 1.82) is 0 Å². The average Bonchev–Trinajstić information content (AvgIpc) is 2.79. The molecule has 1 heterocycles. The monoisotopic (exact) mass is 234 g/mol. The standard InChI is InChI=1S/C13H18N2O2/c1-9(14-2)8-15-13(16)12-7-10-5-3-4-6-11(10)17-12/h3-6,9,12,14H,7-8H2,1-2H3,(H,15,16). The van der Waals surface area contributed by atoms with E-state index in [2.05, 4.69) is 10.6 Å². The maximum absolute atomic E-state index is 11.9. The van der Waals surface area contributed by atoms with Crippen LogP contribution in [0.1, 0.15) is 12.5 Å². The second kappa shape index (κ2) is 5.19. The lowest BCUT2D eigenvalue weighted by molar-refractivity contribution is -0.127. The average molecular weight is 234 g/mol. The number of benzene rings is 1. The van der Waals surface area contributed by atoms with Crippen molar-refractivity contribution < 1.29 is 9.53 Å². The van der Waals surface area contributed by atoms with Gasteiger partial charge in [-0.1, -0.05) is 18.2 Å². The first-order valence-corrected chi connectivity index (χ1v) is 5.90. The van der Waals surface area contributed by atoms with Crippen LogP contribution in [0.4, 0.5) is 0 Å². The first kappa shape index (κ1) is 11.9. The summed E-state index contributed by atoms with van der Waals surface area (Å²) in [6.07, 6.45) is 0.284. The third-order valence-electron chi connectivity index (χ3n) is 3.01. The molecule has 0 fully saturated rings. The predicted molar refractivity (Wildman–Crippen MR) is 66.1 cm³/mol. The number of carbonyl (C=O) groups is 1. The Bertz CT molecular complexity index is 381. The molecule has 0 aromatic heterocycles. The van der Waals surface area contributed by atoms with Gasteiger partial charge in [-0.3, -0.25) is 4.79 Å². The lowest BCUT2D eigenvalue weighted by atomic mass is 10.1. The molecule has 0 spiro atoms. The van der Waals surface area contributed by atoms with Crippen LogP contribution in [0.5, 0.6) is 5.75 Å². The minimum absolute atomic E-state index is 0.0386. The summed E-state index contributed by atoms with van der Waals surface area (Å²) < 4.78 is 5.60. The zero-order valence-corrected chi connectivity index (χ0v) is 10.2. The molecule has 17 heavy (non-hydrogen) atoms. The van der Waals surface area contributed by atoms with Crippen LogP contribution in [0.2, 0.25) is 0 Å². The molecule has 92 valence electrons. The molecule has 2 rings (SSSR count). The zero-order valence-electron chi connectivity index (χ0n) is 10.2. The Morgan fingerprint density at radius 2 is 2.29 bits per heavy atom. The van der Waals surface area contributed by atoms with Gasteiger partial charge >= 0.3 is 0 Å². The molecule has 1 aromatic carbocycles. The quantitative estimate of drug-likeness (QED) is 0.807. The van der Waals surface area contributed by atoms with Crippen LogP contribution in [0.3, 0.4) is 0 Å². The van der Waals surface area contributed by atoms with Gasteiger partial charge in [-0.15, -0.1) is 0 Å². The van der Waals surface area contributed by atoms with Crippen LogP contribution in [0, 0.1) is 0 Å². The molecule has 2 atom stereocenters. The van der Waals surface area contributed by atoms with E-state index in [-0.39, 0.29) is 18.1 Å². The van der Waals surface area contributed by atoms with E-state index in [4.69, 9.17) is 4.74 Å². The van der Waals surface area contributed by atoms with Gasteiger partial charge in [0.15, 0.2) is 6.10 Å². The molecule has 0 saturated heterocycles. The van der Waals surface area contributed by atoms with Crippen LogP contribution < -0.4 is 15.4 Å². The molecular formula is C13H18N2O2. The van der Waals surface area contributed by atoms with E-state index in [1.54, 1.807) is 0 Å². The number of hydrogen-bond donors (Lipinski definition) is 2. The summed E-state index contributed by atoms with van der Waals surface area (Å²) in [5, 5.41) is 5.96. The van der Waals surface area contributed by atoms with E-state index in [0.29, 0.717) is 13.0 Å². The van der Waals surface area contributed by atoms with Gasteiger partial charge in [0.1, 0.15) is 5.75 Å². The minimum Gasteiger partial charge on any atom is -0.480 e. The maximum Gasteiger partial charge on any atom is 0.261 e. The van der Waals surface area contributed by atoms with Crippen LogP contribution in [0.25, 0.3) is 0 Å². The third kappa shape index (κ3) is 2.77. The van der Waals surface area contributed by atoms with Crippen LogP contribution in [-0.4, -0.2) is 31.6 Å². The molecule has 0 bridgehead atoms. The summed E-state index contributed by atoms with van der Waals surface area (Å²) >= 11 is 0. The predicted octanol–water partition coefficient (Wildman–Crippen LogP) is 0.714. The van der Waals surface area contributed by atoms with Crippen molar-refractivity contribution in [1.82, 2.24) is 10.6 Å². The Morgan fingerprint density at radius 1 is 1.53 bits per heavy atom. The van der Waals surface area contributed by atoms with Gasteiger partial charge < -0.3 is 15.4 Å². The first-order chi connectivity index (χ1) is 8.20. The highest BCUT2D eigenvalue weighted by atomic mass is 16.5. The highest BCUT2D eigenvalue weighted by molar-refractivity contribution is 5.82. The molecule has 1 aliphatic heterocycles. The molecule has 1 amide bonds. The summed E-state index contributed by atoms with van der Waals surface area (Å²) in [5.74, 6) is 0.789. The fourth-order valence-electron chi connectivity index (χ4n) is 1.80. The molecule has 1 aliphatic rings. The highest BCUT2D eigenvalue weighted by Gasteiger charge is 2.28. The third-order valence-corrected chi connectivity index (χ3v) is 3.01. The van der Waals surface area contributed by atoms with Gasteiger partial charge in [-0.2, -0.15) is 0 Å². The molecular weight excluding hydrogens is 216 g/mol. The summed E-state index contributed by atoms with van der Waals surface area (Å²) in [7, 11) is 1.87. The smallest absolute Gasteiger partial charge is 0.261 e. The highest BCUT2D eigenvalue weighted by Crippen LogP contribution is 2.27. The number of fused-ring (bicyclic) bond motifs is 1. The van der Waals surface area contributed by atoms with Gasteiger partial charge in [-0.25, -0.2) is 0 Å². The summed E-state index contributed by atoms with van der Waals surface area (Å²) in [6.45, 7) is 2.63. The molecule has 0 radical (unpaired) electrons. The maximum atomic E-state index is 11.9. The van der Waals surface area contributed by atoms with Crippen molar-refractivity contribution in [3.63, 3.8) is 0 Å². The van der Waals surface area contributed by atoms with Gasteiger partial charge in [0.05, 0.1) is 0 Å². The Labute approximate surface area is 101 Å². The Kier molecular flexibility index (Phi) is 3.64. The fourth-order valence-corrected chi connectivity index (χ4v) is 1.80. The first-order valence-electron chi connectivity index (χ1n) is 5.90. The number of amides is 1. The van der Waals surface area contributed by atoms with Crippen LogP contribution >= 0.6 is 0 Å². The Hall–Kier alpha value is -1.55. The van der Waals surface area contributed by atoms with E-state index in [1.165, 1.54) is 0 Å². The van der Waals surface area contributed by atoms with E-state index < -0.39 is 0 Å². The van der Waals surface area contributed by atoms with Gasteiger partial charge in [0, 0.05) is 19.0 Å². The van der Waals surface area contributed by atoms with Crippen molar-refractivity contribution in [2.45, 2.75) is 25.5 Å². The number of likely N-dealkylation sites (N-methyl/N-ethyl adjacent to an activating group) is 1. The van der Waals surface area contributed by atoms with E-state index in [1.807, 2.05) is 38.2 Å². The number of hydrogen-bond acceptors (Lipinski definition) is 3. The number of ether oxygens (including phenoxy) is 1. The van der Waals surface area contributed by atoms with Crippen molar-refractivity contribution in [2.75, 3.05) is 13.6 Å². The number of carbonyl (C=O) groups excluding carboxylic acids is 1. The molecule has 0 aliphatic carbocycles. The fraction of sp³-hybridized carbons (Fsp3) is 0.462. The van der Waals surface area contributed by atoms with Gasteiger partial charge in [0.2, 0.25) is 0 Å². The normalized spacial score (nSPS) is 19.3. The topological polar surface area (TPSA) is 50.4 Å². The second-order valence-electron chi connectivity index (χ2n) is 4.35. The Balaban J connectivity index is 1.88. The zero-order chi connectivity index (χ0) is 12.3. The lowest BCUT2D eigenvalue weighted by Gasteiger charge is -2.14. The molecule has 2 N–H and O–H groups in total. The summed E-state index contributed by atoms with van der Waals surface area (Å²) in [5.41, 5.74) is 1.11. The van der Waals surface area contributed by atoms with E-state index >= 15 is 0 Å². The van der Waals surface area contributed by atoms with Crippen LogP contribution in [-0.2, 0) is 11.2 Å². The van der Waals surface area contributed by atoms with E-state index in [9.17, 15) is 4.79 Å². The number of para-hydroxylation sites is 1. The van der Waals surface area contributed by atoms with Crippen molar-refractivity contribution in [3.8, 4) is 5.75 Å². The molecule has 0 saturated carbocycles. The lowest BCUT2D eigenvalue weighted by Crippen LogP contribution is -2.43. The van der Waals surface area contributed by atoms with Crippen molar-refractivity contribution >= 4 is 5.91 Å². The SMILES string of the molecule is CNC(C)CNC(=O)C1Cc2ccccc2O1. The van der Waals surface area contributed by atoms with Gasteiger partial charge in [-0.05, 0) is 25.6 Å².